The predicted octanol–water partition coefficient (Wildman–Crippen LogP) is 2.23. The predicted molar refractivity (Wildman–Crippen MR) is 70.1 cm³/mol. The number of imidazole rings is 1. The lowest BCUT2D eigenvalue weighted by molar-refractivity contribution is -0.0600. The van der Waals surface area contributed by atoms with E-state index >= 15 is 0 Å². The third-order valence-corrected chi connectivity index (χ3v) is 4.10. The van der Waals surface area contributed by atoms with Gasteiger partial charge in [0.25, 0.3) is 5.89 Å². The number of aromatic nitrogens is 4. The van der Waals surface area contributed by atoms with Crippen LogP contribution in [0.15, 0.2) is 15.5 Å². The molecule has 0 bridgehead atoms. The Morgan fingerprint density at radius 3 is 2.81 bits per heavy atom. The minimum absolute atomic E-state index is 0.0976. The second-order valence-corrected chi connectivity index (χ2v) is 5.91. The number of hydrogen-bond donors (Lipinski definition) is 1. The van der Waals surface area contributed by atoms with Crippen LogP contribution in [0.1, 0.15) is 38.4 Å². The van der Waals surface area contributed by atoms with Gasteiger partial charge in [0, 0.05) is 31.5 Å². The van der Waals surface area contributed by atoms with Crippen LogP contribution in [0.2, 0.25) is 0 Å². The van der Waals surface area contributed by atoms with E-state index in [-0.39, 0.29) is 30.2 Å². The number of aromatic amines is 1. The smallest absolute Gasteiger partial charge is 0.325 e. The molecule has 0 saturated heterocycles. The molecular weight excluding hydrogens is 282 g/mol. The van der Waals surface area contributed by atoms with E-state index in [9.17, 15) is 13.6 Å². The summed E-state index contributed by atoms with van der Waals surface area (Å²) in [7, 11) is 1.56. The Balaban J connectivity index is 1.95. The third-order valence-electron chi connectivity index (χ3n) is 4.10. The van der Waals surface area contributed by atoms with Crippen molar-refractivity contribution < 1.29 is 13.3 Å². The summed E-state index contributed by atoms with van der Waals surface area (Å²) in [6.07, 6.45) is 2.09. The lowest BCUT2D eigenvalue weighted by Gasteiger charge is -2.35. The molecule has 1 fully saturated rings. The summed E-state index contributed by atoms with van der Waals surface area (Å²) in [5, 5.41) is 3.86. The average Bonchev–Trinajstić information content (AvgIpc) is 2.97. The Kier molecular flexibility index (Phi) is 3.00. The number of halogens is 2. The fourth-order valence-electron chi connectivity index (χ4n) is 2.89. The minimum atomic E-state index is -2.70. The van der Waals surface area contributed by atoms with E-state index in [1.165, 1.54) is 10.8 Å². The molecule has 0 radical (unpaired) electrons. The first-order valence-corrected chi connectivity index (χ1v) is 6.78. The molecule has 2 aromatic rings. The van der Waals surface area contributed by atoms with Crippen molar-refractivity contribution in [3.05, 3.63) is 22.5 Å². The van der Waals surface area contributed by atoms with Crippen LogP contribution in [-0.4, -0.2) is 25.6 Å². The molecule has 2 aromatic heterocycles. The SMILES string of the molecule is Cn1c(-c2nc(C3(C)CCCC(F)(F)C3)no2)c[nH]c1=O. The summed E-state index contributed by atoms with van der Waals surface area (Å²) >= 11 is 0. The highest BCUT2D eigenvalue weighted by Gasteiger charge is 2.46. The quantitative estimate of drug-likeness (QED) is 0.922. The monoisotopic (exact) mass is 298 g/mol. The Morgan fingerprint density at radius 1 is 1.43 bits per heavy atom. The molecule has 0 aliphatic heterocycles. The zero-order chi connectivity index (χ0) is 15.3. The van der Waals surface area contributed by atoms with Crippen molar-refractivity contribution in [3.8, 4) is 11.6 Å². The van der Waals surface area contributed by atoms with Gasteiger partial charge in [-0.05, 0) is 12.8 Å². The van der Waals surface area contributed by atoms with Gasteiger partial charge < -0.3 is 9.51 Å². The van der Waals surface area contributed by atoms with Gasteiger partial charge in [0.1, 0.15) is 5.69 Å². The molecule has 1 aliphatic carbocycles. The molecular formula is C13H16F2N4O2. The highest BCUT2D eigenvalue weighted by molar-refractivity contribution is 5.45. The van der Waals surface area contributed by atoms with Gasteiger partial charge in [0.2, 0.25) is 5.92 Å². The molecule has 2 heterocycles. The van der Waals surface area contributed by atoms with E-state index in [1.807, 2.05) is 0 Å². The number of nitrogens with one attached hydrogen (secondary N) is 1. The van der Waals surface area contributed by atoms with Crippen molar-refractivity contribution in [1.29, 1.82) is 0 Å². The zero-order valence-corrected chi connectivity index (χ0v) is 11.8. The Labute approximate surface area is 119 Å². The summed E-state index contributed by atoms with van der Waals surface area (Å²) in [6.45, 7) is 1.73. The maximum Gasteiger partial charge on any atom is 0.325 e. The van der Waals surface area contributed by atoms with Crippen LogP contribution >= 0.6 is 0 Å². The van der Waals surface area contributed by atoms with Crippen LogP contribution in [-0.2, 0) is 12.5 Å². The van der Waals surface area contributed by atoms with Crippen LogP contribution in [0.25, 0.3) is 11.6 Å². The van der Waals surface area contributed by atoms with E-state index in [2.05, 4.69) is 15.1 Å². The molecule has 21 heavy (non-hydrogen) atoms. The molecule has 1 atom stereocenters. The largest absolute Gasteiger partial charge is 0.332 e. The lowest BCUT2D eigenvalue weighted by atomic mass is 9.73. The maximum atomic E-state index is 13.6. The Hall–Kier alpha value is -1.99. The topological polar surface area (TPSA) is 76.7 Å². The first kappa shape index (κ1) is 14.0. The van der Waals surface area contributed by atoms with Crippen molar-refractivity contribution in [2.24, 2.45) is 7.05 Å². The molecule has 1 unspecified atom stereocenters. The third kappa shape index (κ3) is 2.38. The summed E-state index contributed by atoms with van der Waals surface area (Å²) in [5.74, 6) is -2.28. The molecule has 1 aliphatic rings. The first-order chi connectivity index (χ1) is 9.81. The molecule has 1 N–H and O–H groups in total. The van der Waals surface area contributed by atoms with Gasteiger partial charge in [-0.15, -0.1) is 0 Å². The van der Waals surface area contributed by atoms with Gasteiger partial charge >= 0.3 is 5.69 Å². The second-order valence-electron chi connectivity index (χ2n) is 5.91. The van der Waals surface area contributed by atoms with Crippen molar-refractivity contribution in [2.45, 2.75) is 43.9 Å². The van der Waals surface area contributed by atoms with Crippen LogP contribution in [0, 0.1) is 0 Å². The number of alkyl halides is 2. The maximum absolute atomic E-state index is 13.6. The van der Waals surface area contributed by atoms with Gasteiger partial charge in [0.05, 0.1) is 0 Å². The standard InChI is InChI=1S/C13H16F2N4O2/c1-12(4-3-5-13(14,15)7-12)10-17-9(21-18-10)8-6-16-11(20)19(8)2/h6H,3-5,7H2,1-2H3,(H,16,20). The number of rotatable bonds is 2. The van der Waals surface area contributed by atoms with Crippen molar-refractivity contribution in [2.75, 3.05) is 0 Å². The fourth-order valence-corrected chi connectivity index (χ4v) is 2.89. The van der Waals surface area contributed by atoms with E-state index in [1.54, 1.807) is 14.0 Å². The van der Waals surface area contributed by atoms with Crippen molar-refractivity contribution in [3.63, 3.8) is 0 Å². The molecule has 0 spiro atoms. The number of H-pyrrole nitrogens is 1. The van der Waals surface area contributed by atoms with E-state index in [0.29, 0.717) is 18.5 Å². The van der Waals surface area contributed by atoms with Crippen molar-refractivity contribution >= 4 is 0 Å². The second kappa shape index (κ2) is 4.51. The van der Waals surface area contributed by atoms with Crippen LogP contribution in [0.5, 0.6) is 0 Å². The minimum Gasteiger partial charge on any atom is -0.332 e. The molecule has 3 rings (SSSR count). The molecule has 8 heteroatoms. The molecule has 6 nitrogen and oxygen atoms in total. The molecule has 0 aromatic carbocycles. The van der Waals surface area contributed by atoms with Gasteiger partial charge in [-0.1, -0.05) is 12.1 Å². The summed E-state index contributed by atoms with van der Waals surface area (Å²) < 4.78 is 33.8. The Morgan fingerprint density at radius 2 is 2.19 bits per heavy atom. The van der Waals surface area contributed by atoms with Crippen LogP contribution in [0.4, 0.5) is 8.78 Å². The summed E-state index contributed by atoms with van der Waals surface area (Å²) in [6, 6.07) is 0. The van der Waals surface area contributed by atoms with Gasteiger partial charge in [-0.2, -0.15) is 4.98 Å². The number of hydrogen-bond acceptors (Lipinski definition) is 4. The van der Waals surface area contributed by atoms with Gasteiger partial charge in [0.15, 0.2) is 5.82 Å². The summed E-state index contributed by atoms with van der Waals surface area (Å²) in [5.41, 5.74) is -0.677. The number of nitrogens with zero attached hydrogens (tertiary/aromatic N) is 3. The average molecular weight is 298 g/mol. The van der Waals surface area contributed by atoms with E-state index in [4.69, 9.17) is 4.52 Å². The molecule has 114 valence electrons. The van der Waals surface area contributed by atoms with Gasteiger partial charge in [-0.3, -0.25) is 4.57 Å². The highest BCUT2D eigenvalue weighted by Crippen LogP contribution is 2.45. The van der Waals surface area contributed by atoms with E-state index in [0.717, 1.165) is 0 Å². The lowest BCUT2D eigenvalue weighted by Crippen LogP contribution is -2.37. The zero-order valence-electron chi connectivity index (χ0n) is 11.8. The fraction of sp³-hybridized carbons (Fsp3) is 0.615. The first-order valence-electron chi connectivity index (χ1n) is 6.78. The van der Waals surface area contributed by atoms with Crippen LogP contribution in [0.3, 0.4) is 0 Å². The molecule has 1 saturated carbocycles. The van der Waals surface area contributed by atoms with Crippen LogP contribution < -0.4 is 5.69 Å². The van der Waals surface area contributed by atoms with E-state index < -0.39 is 11.3 Å². The summed E-state index contributed by atoms with van der Waals surface area (Å²) in [4.78, 5) is 18.1. The van der Waals surface area contributed by atoms with Crippen molar-refractivity contribution in [1.82, 2.24) is 19.7 Å². The molecule has 0 amide bonds. The Bertz CT molecular complexity index is 718. The highest BCUT2D eigenvalue weighted by atomic mass is 19.3. The normalized spacial score (nSPS) is 25.1. The van der Waals surface area contributed by atoms with Gasteiger partial charge in [-0.25, -0.2) is 13.6 Å².